The summed E-state index contributed by atoms with van der Waals surface area (Å²) >= 11 is 1.62. The van der Waals surface area contributed by atoms with E-state index in [1.165, 1.54) is 16.4 Å². The van der Waals surface area contributed by atoms with E-state index in [-0.39, 0.29) is 17.3 Å². The molecule has 2 aromatic rings. The van der Waals surface area contributed by atoms with Crippen LogP contribution in [0.25, 0.3) is 0 Å². The van der Waals surface area contributed by atoms with Crippen molar-refractivity contribution in [2.24, 2.45) is 5.92 Å². The van der Waals surface area contributed by atoms with Gasteiger partial charge in [-0.2, -0.15) is 4.31 Å². The highest BCUT2D eigenvalue weighted by Crippen LogP contribution is 2.25. The van der Waals surface area contributed by atoms with Crippen LogP contribution in [-0.2, 0) is 14.8 Å². The summed E-state index contributed by atoms with van der Waals surface area (Å²) in [5, 5.41) is 2.86. The summed E-state index contributed by atoms with van der Waals surface area (Å²) in [6.07, 6.45) is 3.21. The Morgan fingerprint density at radius 3 is 2.44 bits per heavy atom. The van der Waals surface area contributed by atoms with Crippen molar-refractivity contribution in [1.29, 1.82) is 0 Å². The highest BCUT2D eigenvalue weighted by atomic mass is 32.2. The fraction of sp³-hybridized carbons (Fsp3) is 0.316. The molecule has 0 aliphatic carbocycles. The fourth-order valence-corrected chi connectivity index (χ4v) is 4.98. The van der Waals surface area contributed by atoms with Crippen LogP contribution in [0.3, 0.4) is 0 Å². The van der Waals surface area contributed by atoms with Crippen molar-refractivity contribution in [2.75, 3.05) is 24.7 Å². The Labute approximate surface area is 163 Å². The van der Waals surface area contributed by atoms with Crippen LogP contribution < -0.4 is 5.32 Å². The molecule has 0 bridgehead atoms. The molecule has 144 valence electrons. The number of carbonyl (C=O) groups excluding carboxylic acids is 1. The molecule has 1 unspecified atom stereocenters. The molecule has 0 saturated carbocycles. The number of sulfonamides is 1. The van der Waals surface area contributed by atoms with Gasteiger partial charge in [0.05, 0.1) is 10.8 Å². The average Bonchev–Trinajstić information content (AvgIpc) is 2.69. The maximum absolute atomic E-state index is 13.1. The van der Waals surface area contributed by atoms with Crippen molar-refractivity contribution in [3.8, 4) is 0 Å². The second kappa shape index (κ2) is 8.41. The molecule has 1 atom stereocenters. The maximum atomic E-state index is 13.1. The monoisotopic (exact) mass is 408 g/mol. The zero-order valence-electron chi connectivity index (χ0n) is 14.9. The number of piperidine rings is 1. The van der Waals surface area contributed by atoms with Crippen molar-refractivity contribution >= 4 is 33.4 Å². The lowest BCUT2D eigenvalue weighted by Crippen LogP contribution is -2.43. The Hall–Kier alpha value is -1.90. The lowest BCUT2D eigenvalue weighted by Gasteiger charge is -2.31. The number of benzene rings is 2. The smallest absolute Gasteiger partial charge is 0.243 e. The van der Waals surface area contributed by atoms with Gasteiger partial charge in [0.15, 0.2) is 0 Å². The fourth-order valence-electron chi connectivity index (χ4n) is 3.05. The van der Waals surface area contributed by atoms with Gasteiger partial charge in [-0.25, -0.2) is 12.8 Å². The summed E-state index contributed by atoms with van der Waals surface area (Å²) in [6, 6.07) is 12.3. The van der Waals surface area contributed by atoms with E-state index in [2.05, 4.69) is 5.32 Å². The van der Waals surface area contributed by atoms with E-state index < -0.39 is 21.8 Å². The first-order chi connectivity index (χ1) is 12.9. The first-order valence-electron chi connectivity index (χ1n) is 8.61. The third kappa shape index (κ3) is 4.69. The molecule has 8 heteroatoms. The lowest BCUT2D eigenvalue weighted by atomic mass is 9.99. The highest BCUT2D eigenvalue weighted by molar-refractivity contribution is 7.98. The van der Waals surface area contributed by atoms with Crippen LogP contribution in [0.1, 0.15) is 12.8 Å². The van der Waals surface area contributed by atoms with Crippen molar-refractivity contribution in [3.63, 3.8) is 0 Å². The van der Waals surface area contributed by atoms with Crippen LogP contribution >= 0.6 is 11.8 Å². The number of thioether (sulfide) groups is 1. The molecule has 27 heavy (non-hydrogen) atoms. The van der Waals surface area contributed by atoms with E-state index in [9.17, 15) is 17.6 Å². The Morgan fingerprint density at radius 2 is 1.81 bits per heavy atom. The van der Waals surface area contributed by atoms with Crippen molar-refractivity contribution in [3.05, 3.63) is 54.3 Å². The molecule has 0 aromatic heterocycles. The quantitative estimate of drug-likeness (QED) is 0.768. The molecular formula is C19H21FN2O3S2. The molecule has 1 aliphatic heterocycles. The molecule has 1 amide bonds. The van der Waals surface area contributed by atoms with Gasteiger partial charge in [0, 0.05) is 23.7 Å². The highest BCUT2D eigenvalue weighted by Gasteiger charge is 2.33. The Bertz CT molecular complexity index is 900. The van der Waals surface area contributed by atoms with Crippen LogP contribution in [0.2, 0.25) is 0 Å². The second-order valence-electron chi connectivity index (χ2n) is 6.37. The van der Waals surface area contributed by atoms with Gasteiger partial charge in [0.1, 0.15) is 5.82 Å². The molecule has 5 nitrogen and oxygen atoms in total. The SMILES string of the molecule is CSc1ccc(NC(=O)C2CCCN(S(=O)(=O)c3ccc(F)cc3)C2)cc1. The maximum Gasteiger partial charge on any atom is 0.243 e. The van der Waals surface area contributed by atoms with Crippen molar-refractivity contribution < 1.29 is 17.6 Å². The van der Waals surface area contributed by atoms with Crippen LogP contribution in [0.5, 0.6) is 0 Å². The number of carbonyl (C=O) groups is 1. The minimum atomic E-state index is -3.74. The molecule has 1 heterocycles. The van der Waals surface area contributed by atoms with Gasteiger partial charge in [-0.05, 0) is 67.6 Å². The number of anilines is 1. The molecular weight excluding hydrogens is 387 g/mol. The standard InChI is InChI=1S/C19H21FN2O3S2/c1-26-17-8-6-16(7-9-17)21-19(23)14-3-2-12-22(13-14)27(24,25)18-10-4-15(20)5-11-18/h4-11,14H,2-3,12-13H2,1H3,(H,21,23). The summed E-state index contributed by atoms with van der Waals surface area (Å²) in [5.41, 5.74) is 0.691. The third-order valence-electron chi connectivity index (χ3n) is 4.56. The Balaban J connectivity index is 1.69. The van der Waals surface area contributed by atoms with Gasteiger partial charge >= 0.3 is 0 Å². The molecule has 3 rings (SSSR count). The minimum Gasteiger partial charge on any atom is -0.326 e. The predicted octanol–water partition coefficient (Wildman–Crippen LogP) is 3.59. The van der Waals surface area contributed by atoms with E-state index in [1.54, 1.807) is 11.8 Å². The zero-order valence-corrected chi connectivity index (χ0v) is 16.5. The van der Waals surface area contributed by atoms with Crippen LogP contribution in [0.4, 0.5) is 10.1 Å². The van der Waals surface area contributed by atoms with E-state index in [1.807, 2.05) is 30.5 Å². The molecule has 0 radical (unpaired) electrons. The largest absolute Gasteiger partial charge is 0.326 e. The number of halogens is 1. The first-order valence-corrected chi connectivity index (χ1v) is 11.3. The topological polar surface area (TPSA) is 66.5 Å². The van der Waals surface area contributed by atoms with E-state index >= 15 is 0 Å². The van der Waals surface area contributed by atoms with E-state index in [4.69, 9.17) is 0 Å². The Kier molecular flexibility index (Phi) is 6.18. The van der Waals surface area contributed by atoms with Crippen molar-refractivity contribution in [1.82, 2.24) is 4.31 Å². The summed E-state index contributed by atoms with van der Waals surface area (Å²) in [4.78, 5) is 13.7. The van der Waals surface area contributed by atoms with Crippen molar-refractivity contribution in [2.45, 2.75) is 22.6 Å². The summed E-state index contributed by atoms with van der Waals surface area (Å²) in [5.74, 6) is -1.10. The number of hydrogen-bond donors (Lipinski definition) is 1. The van der Waals surface area contributed by atoms with Gasteiger partial charge < -0.3 is 5.32 Å². The van der Waals surface area contributed by atoms with Crippen LogP contribution in [0, 0.1) is 11.7 Å². The van der Waals surface area contributed by atoms with Gasteiger partial charge in [0.2, 0.25) is 15.9 Å². The van der Waals surface area contributed by atoms with E-state index in [0.29, 0.717) is 25.1 Å². The van der Waals surface area contributed by atoms with Gasteiger partial charge in [-0.15, -0.1) is 11.8 Å². The molecule has 1 N–H and O–H groups in total. The molecule has 2 aromatic carbocycles. The Morgan fingerprint density at radius 1 is 1.15 bits per heavy atom. The number of hydrogen-bond acceptors (Lipinski definition) is 4. The number of nitrogens with one attached hydrogen (secondary N) is 1. The number of nitrogens with zero attached hydrogens (tertiary/aromatic N) is 1. The lowest BCUT2D eigenvalue weighted by molar-refractivity contribution is -0.120. The second-order valence-corrected chi connectivity index (χ2v) is 9.19. The van der Waals surface area contributed by atoms with Gasteiger partial charge in [-0.1, -0.05) is 0 Å². The molecule has 1 fully saturated rings. The summed E-state index contributed by atoms with van der Waals surface area (Å²) in [7, 11) is -3.74. The normalized spacial score (nSPS) is 18.2. The van der Waals surface area contributed by atoms with Crippen LogP contribution in [0.15, 0.2) is 58.3 Å². The minimum absolute atomic E-state index is 0.0395. The average molecular weight is 409 g/mol. The van der Waals surface area contributed by atoms with E-state index in [0.717, 1.165) is 17.0 Å². The number of rotatable bonds is 5. The van der Waals surface area contributed by atoms with Gasteiger partial charge in [0.25, 0.3) is 0 Å². The predicted molar refractivity (Wildman–Crippen MR) is 105 cm³/mol. The molecule has 1 saturated heterocycles. The number of amides is 1. The molecule has 0 spiro atoms. The van der Waals surface area contributed by atoms with Gasteiger partial charge in [-0.3, -0.25) is 4.79 Å². The molecule has 1 aliphatic rings. The van der Waals surface area contributed by atoms with Crippen LogP contribution in [-0.4, -0.2) is 38.0 Å². The zero-order chi connectivity index (χ0) is 19.4. The summed E-state index contributed by atoms with van der Waals surface area (Å²) < 4.78 is 39.9. The first kappa shape index (κ1) is 19.9. The third-order valence-corrected chi connectivity index (χ3v) is 7.19. The summed E-state index contributed by atoms with van der Waals surface area (Å²) in [6.45, 7) is 0.473.